The molecule has 1 aliphatic rings. The molecule has 2 N–H and O–H groups in total. The molecule has 0 aliphatic carbocycles. The molecule has 0 saturated heterocycles. The highest BCUT2D eigenvalue weighted by Crippen LogP contribution is 2.26. The van der Waals surface area contributed by atoms with E-state index in [1.807, 2.05) is 19.3 Å². The van der Waals surface area contributed by atoms with E-state index in [2.05, 4.69) is 39.3 Å². The summed E-state index contributed by atoms with van der Waals surface area (Å²) in [7, 11) is 3.44. The lowest BCUT2D eigenvalue weighted by atomic mass is 10.0. The lowest BCUT2D eigenvalue weighted by Gasteiger charge is -2.36. The van der Waals surface area contributed by atoms with Crippen LogP contribution in [-0.2, 0) is 11.3 Å². The van der Waals surface area contributed by atoms with Crippen molar-refractivity contribution < 1.29 is 19.1 Å². The van der Waals surface area contributed by atoms with Gasteiger partial charge in [-0.25, -0.2) is 14.8 Å². The van der Waals surface area contributed by atoms with E-state index in [4.69, 9.17) is 9.47 Å². The van der Waals surface area contributed by atoms with Crippen molar-refractivity contribution in [1.82, 2.24) is 25.1 Å². The second-order valence-electron chi connectivity index (χ2n) is 9.37. The molecule has 3 atom stereocenters. The predicted molar refractivity (Wildman–Crippen MR) is 138 cm³/mol. The molecule has 196 valence electrons. The van der Waals surface area contributed by atoms with Gasteiger partial charge >= 0.3 is 6.03 Å². The van der Waals surface area contributed by atoms with Gasteiger partial charge < -0.3 is 25.0 Å². The molecule has 36 heavy (non-hydrogen) atoms. The summed E-state index contributed by atoms with van der Waals surface area (Å²) in [5, 5.41) is 5.58. The Morgan fingerprint density at radius 3 is 2.67 bits per heavy atom. The van der Waals surface area contributed by atoms with Crippen molar-refractivity contribution in [2.75, 3.05) is 45.7 Å². The number of methoxy groups -OCH3 is 1. The second kappa shape index (κ2) is 13.2. The van der Waals surface area contributed by atoms with Gasteiger partial charge in [-0.3, -0.25) is 9.69 Å². The van der Waals surface area contributed by atoms with Crippen LogP contribution >= 0.6 is 0 Å². The number of likely N-dealkylation sites (N-methyl/N-ethyl adjacent to an activating group) is 1. The zero-order chi connectivity index (χ0) is 26.1. The molecule has 3 amide bonds. The van der Waals surface area contributed by atoms with Gasteiger partial charge in [0, 0.05) is 70.0 Å². The fourth-order valence-electron chi connectivity index (χ4n) is 4.21. The molecule has 0 radical (unpaired) electrons. The maximum Gasteiger partial charge on any atom is 0.319 e. The Morgan fingerprint density at radius 2 is 1.97 bits per heavy atom. The van der Waals surface area contributed by atoms with Crippen LogP contribution in [0.4, 0.5) is 10.5 Å². The molecule has 0 fully saturated rings. The maximum absolute atomic E-state index is 13.5. The third-order valence-electron chi connectivity index (χ3n) is 6.37. The zero-order valence-electron chi connectivity index (χ0n) is 21.9. The van der Waals surface area contributed by atoms with Crippen LogP contribution < -0.4 is 15.4 Å². The number of nitrogens with one attached hydrogen (secondary N) is 2. The molecule has 0 spiro atoms. The third kappa shape index (κ3) is 7.38. The summed E-state index contributed by atoms with van der Waals surface area (Å²) >= 11 is 0. The average molecular weight is 499 g/mol. The topological polar surface area (TPSA) is 109 Å². The molecule has 1 aromatic heterocycles. The van der Waals surface area contributed by atoms with E-state index in [1.54, 1.807) is 37.3 Å². The summed E-state index contributed by atoms with van der Waals surface area (Å²) < 4.78 is 12.0. The number of urea groups is 1. The number of rotatable bonds is 6. The summed E-state index contributed by atoms with van der Waals surface area (Å²) in [6.07, 6.45) is 5.84. The van der Waals surface area contributed by atoms with Gasteiger partial charge in [-0.2, -0.15) is 0 Å². The molecule has 0 saturated carbocycles. The number of nitrogens with zero attached hydrogens (tertiary/aromatic N) is 4. The monoisotopic (exact) mass is 498 g/mol. The van der Waals surface area contributed by atoms with Crippen molar-refractivity contribution in [2.24, 2.45) is 5.92 Å². The van der Waals surface area contributed by atoms with Crippen LogP contribution in [0.2, 0.25) is 0 Å². The molecule has 10 nitrogen and oxygen atoms in total. The van der Waals surface area contributed by atoms with Crippen LogP contribution in [0.5, 0.6) is 5.75 Å². The number of hydrogen-bond donors (Lipinski definition) is 2. The van der Waals surface area contributed by atoms with Gasteiger partial charge in [-0.05, 0) is 37.5 Å². The molecule has 1 aliphatic heterocycles. The van der Waals surface area contributed by atoms with Crippen LogP contribution in [0.15, 0.2) is 36.9 Å². The zero-order valence-corrected chi connectivity index (χ0v) is 21.9. The number of ether oxygens (including phenoxy) is 2. The second-order valence-corrected chi connectivity index (χ2v) is 9.37. The largest absolute Gasteiger partial charge is 0.491 e. The molecular formula is C26H38N6O4. The number of carbonyl (C=O) groups excluding carboxylic acids is 2. The molecule has 2 aromatic rings. The minimum atomic E-state index is -0.311. The first kappa shape index (κ1) is 27.3. The highest BCUT2D eigenvalue weighted by molar-refractivity contribution is 5.99. The number of benzene rings is 1. The maximum atomic E-state index is 13.5. The van der Waals surface area contributed by atoms with Gasteiger partial charge in [0.1, 0.15) is 18.7 Å². The fraction of sp³-hybridized carbons (Fsp3) is 0.538. The molecule has 0 bridgehead atoms. The molecule has 1 aromatic carbocycles. The van der Waals surface area contributed by atoms with Crippen LogP contribution in [0.1, 0.15) is 43.1 Å². The van der Waals surface area contributed by atoms with Crippen molar-refractivity contribution in [3.05, 3.63) is 48.0 Å². The lowest BCUT2D eigenvalue weighted by Crippen LogP contribution is -2.46. The van der Waals surface area contributed by atoms with Crippen LogP contribution in [-0.4, -0.2) is 84.3 Å². The first-order valence-electron chi connectivity index (χ1n) is 12.4. The summed E-state index contributed by atoms with van der Waals surface area (Å²) in [6.45, 7) is 9.01. The predicted octanol–water partition coefficient (Wildman–Crippen LogP) is 3.01. The minimum absolute atomic E-state index is 0.0443. The molecule has 10 heteroatoms. The highest BCUT2D eigenvalue weighted by Gasteiger charge is 2.28. The lowest BCUT2D eigenvalue weighted by molar-refractivity contribution is 0.00918. The highest BCUT2D eigenvalue weighted by atomic mass is 16.5. The molecular weight excluding hydrogens is 460 g/mol. The van der Waals surface area contributed by atoms with Gasteiger partial charge in [-0.15, -0.1) is 0 Å². The Kier molecular flexibility index (Phi) is 10.0. The third-order valence-corrected chi connectivity index (χ3v) is 6.37. The van der Waals surface area contributed by atoms with E-state index in [9.17, 15) is 9.59 Å². The van der Waals surface area contributed by atoms with E-state index in [0.717, 1.165) is 18.5 Å². The number of amides is 3. The summed E-state index contributed by atoms with van der Waals surface area (Å²) in [5.74, 6) is 0.429. The Bertz CT molecular complexity index is 1010. The van der Waals surface area contributed by atoms with Crippen LogP contribution in [0, 0.1) is 5.92 Å². The fourth-order valence-corrected chi connectivity index (χ4v) is 4.21. The van der Waals surface area contributed by atoms with Gasteiger partial charge in [-0.1, -0.05) is 13.8 Å². The smallest absolute Gasteiger partial charge is 0.319 e. The van der Waals surface area contributed by atoms with Crippen molar-refractivity contribution >= 4 is 17.6 Å². The normalized spacial score (nSPS) is 21.5. The Balaban J connectivity index is 1.89. The first-order valence-corrected chi connectivity index (χ1v) is 12.4. The van der Waals surface area contributed by atoms with Gasteiger partial charge in [0.2, 0.25) is 0 Å². The Hall–Kier alpha value is -3.24. The van der Waals surface area contributed by atoms with Crippen molar-refractivity contribution in [1.29, 1.82) is 0 Å². The summed E-state index contributed by atoms with van der Waals surface area (Å²) in [6, 6.07) is 4.88. The summed E-state index contributed by atoms with van der Waals surface area (Å²) in [4.78, 5) is 37.9. The van der Waals surface area contributed by atoms with Crippen LogP contribution in [0.25, 0.3) is 0 Å². The average Bonchev–Trinajstić information content (AvgIpc) is 2.88. The van der Waals surface area contributed by atoms with Crippen LogP contribution in [0.3, 0.4) is 0 Å². The molecule has 0 unspecified atom stereocenters. The number of hydrogen-bond acceptors (Lipinski definition) is 7. The number of anilines is 1. The number of fused-ring (bicyclic) bond motifs is 1. The number of aromatic nitrogens is 2. The van der Waals surface area contributed by atoms with E-state index in [1.165, 1.54) is 6.33 Å². The SMILES string of the molecule is CCCNC(=O)Nc1ccc2c(c1)C(=O)N(C)C[C@@H](OC)[C@H](C)CN(Cc1cncnc1)[C@@H](C)CO2. The van der Waals surface area contributed by atoms with E-state index in [-0.39, 0.29) is 30.0 Å². The van der Waals surface area contributed by atoms with Crippen molar-refractivity contribution in [3.63, 3.8) is 0 Å². The van der Waals surface area contributed by atoms with Gasteiger partial charge in [0.05, 0.1) is 11.7 Å². The molecule has 3 rings (SSSR count). The number of carbonyl (C=O) groups is 2. The van der Waals surface area contributed by atoms with E-state index < -0.39 is 0 Å². The van der Waals surface area contributed by atoms with E-state index in [0.29, 0.717) is 43.2 Å². The Labute approximate surface area is 213 Å². The Morgan fingerprint density at radius 1 is 1.22 bits per heavy atom. The van der Waals surface area contributed by atoms with Crippen molar-refractivity contribution in [2.45, 2.75) is 45.9 Å². The van der Waals surface area contributed by atoms with Gasteiger partial charge in [0.15, 0.2) is 0 Å². The first-order chi connectivity index (χ1) is 17.3. The van der Waals surface area contributed by atoms with E-state index >= 15 is 0 Å². The summed E-state index contributed by atoms with van der Waals surface area (Å²) in [5.41, 5.74) is 1.93. The quantitative estimate of drug-likeness (QED) is 0.630. The van der Waals surface area contributed by atoms with Crippen molar-refractivity contribution in [3.8, 4) is 5.75 Å². The van der Waals surface area contributed by atoms with Gasteiger partial charge in [0.25, 0.3) is 5.91 Å². The standard InChI is InChI=1S/C26H38N6O4/c1-6-9-29-26(34)30-21-7-8-23-22(10-21)25(33)31(4)15-24(35-5)18(2)13-32(19(3)16-36-23)14-20-11-27-17-28-12-20/h7-8,10-12,17-19,24H,6,9,13-16H2,1-5H3,(H2,29,30,34)/t18-,19+,24-/m1/s1. The molecule has 2 heterocycles. The minimum Gasteiger partial charge on any atom is -0.491 e.